The highest BCUT2D eigenvalue weighted by Gasteiger charge is 2.12. The molecule has 0 atom stereocenters. The van der Waals surface area contributed by atoms with Crippen LogP contribution < -0.4 is 0 Å². The molecule has 0 nitrogen and oxygen atoms in total. The van der Waals surface area contributed by atoms with E-state index in [1.54, 1.807) is 0 Å². The SMILES string of the molecule is C#CC(=CC)C(C)(C)C. The van der Waals surface area contributed by atoms with Gasteiger partial charge in [-0.15, -0.1) is 6.42 Å². The maximum atomic E-state index is 5.25. The van der Waals surface area contributed by atoms with E-state index in [1.165, 1.54) is 0 Å². The predicted octanol–water partition coefficient (Wildman–Crippen LogP) is 2.61. The van der Waals surface area contributed by atoms with Crippen molar-refractivity contribution >= 4 is 0 Å². The Kier molecular flexibility index (Phi) is 2.52. The van der Waals surface area contributed by atoms with Crippen molar-refractivity contribution in [1.29, 1.82) is 0 Å². The van der Waals surface area contributed by atoms with Crippen molar-refractivity contribution < 1.29 is 0 Å². The summed E-state index contributed by atoms with van der Waals surface area (Å²) < 4.78 is 0. The average molecular weight is 122 g/mol. The molecule has 0 saturated heterocycles. The van der Waals surface area contributed by atoms with E-state index in [1.807, 2.05) is 13.0 Å². The van der Waals surface area contributed by atoms with E-state index < -0.39 is 0 Å². The standard InChI is InChI=1S/C9H14/c1-6-8(7-2)9(3,4)5/h1,7H,2-5H3. The maximum absolute atomic E-state index is 5.25. The summed E-state index contributed by atoms with van der Waals surface area (Å²) in [7, 11) is 0. The van der Waals surface area contributed by atoms with Gasteiger partial charge in [0.05, 0.1) is 0 Å². The Hall–Kier alpha value is -0.700. The molecule has 9 heavy (non-hydrogen) atoms. The number of terminal acetylenes is 1. The number of rotatable bonds is 0. The van der Waals surface area contributed by atoms with Gasteiger partial charge in [-0.2, -0.15) is 0 Å². The summed E-state index contributed by atoms with van der Waals surface area (Å²) in [4.78, 5) is 0. The molecule has 0 aromatic rings. The number of allylic oxidation sites excluding steroid dienone is 2. The maximum Gasteiger partial charge on any atom is 0.00286 e. The summed E-state index contributed by atoms with van der Waals surface area (Å²) in [5, 5.41) is 0. The highest BCUT2D eigenvalue weighted by Crippen LogP contribution is 2.23. The molecule has 0 aliphatic rings. The van der Waals surface area contributed by atoms with Gasteiger partial charge in [0.25, 0.3) is 0 Å². The van der Waals surface area contributed by atoms with Gasteiger partial charge in [0.2, 0.25) is 0 Å². The molecule has 50 valence electrons. The number of hydrogen-bond acceptors (Lipinski definition) is 0. The molecule has 0 radical (unpaired) electrons. The Morgan fingerprint density at radius 2 is 1.89 bits per heavy atom. The molecular formula is C9H14. The van der Waals surface area contributed by atoms with Crippen LogP contribution in [0.2, 0.25) is 0 Å². The lowest BCUT2D eigenvalue weighted by Crippen LogP contribution is -2.06. The summed E-state index contributed by atoms with van der Waals surface area (Å²) in [5.74, 6) is 2.65. The summed E-state index contributed by atoms with van der Waals surface area (Å²) in [5.41, 5.74) is 1.21. The smallest absolute Gasteiger partial charge is 0.00286 e. The second-order valence-corrected chi connectivity index (χ2v) is 3.10. The molecule has 0 heterocycles. The van der Waals surface area contributed by atoms with Gasteiger partial charge in [-0.25, -0.2) is 0 Å². The number of hydrogen-bond donors (Lipinski definition) is 0. The summed E-state index contributed by atoms with van der Waals surface area (Å²) in [6, 6.07) is 0. The van der Waals surface area contributed by atoms with Crippen LogP contribution in [0.15, 0.2) is 11.6 Å². The van der Waals surface area contributed by atoms with E-state index in [0.29, 0.717) is 0 Å². The van der Waals surface area contributed by atoms with Gasteiger partial charge in [0.1, 0.15) is 0 Å². The van der Waals surface area contributed by atoms with E-state index in [-0.39, 0.29) is 5.41 Å². The van der Waals surface area contributed by atoms with Crippen LogP contribution >= 0.6 is 0 Å². The zero-order valence-corrected chi connectivity index (χ0v) is 6.65. The third-order valence-corrected chi connectivity index (χ3v) is 1.25. The van der Waals surface area contributed by atoms with Crippen molar-refractivity contribution in [1.82, 2.24) is 0 Å². The Balaban J connectivity index is 4.39. The van der Waals surface area contributed by atoms with Crippen LogP contribution in [0, 0.1) is 17.8 Å². The Bertz CT molecular complexity index is 148. The quantitative estimate of drug-likeness (QED) is 0.433. The van der Waals surface area contributed by atoms with Crippen LogP contribution in [-0.2, 0) is 0 Å². The zero-order valence-electron chi connectivity index (χ0n) is 6.65. The molecule has 0 rings (SSSR count). The Morgan fingerprint density at radius 1 is 1.44 bits per heavy atom. The molecule has 0 spiro atoms. The molecule has 0 aromatic heterocycles. The minimum absolute atomic E-state index is 0.142. The highest BCUT2D eigenvalue weighted by atomic mass is 14.2. The van der Waals surface area contributed by atoms with Crippen LogP contribution in [-0.4, -0.2) is 0 Å². The first-order valence-electron chi connectivity index (χ1n) is 3.15. The van der Waals surface area contributed by atoms with Crippen molar-refractivity contribution in [3.05, 3.63) is 11.6 Å². The van der Waals surface area contributed by atoms with Gasteiger partial charge < -0.3 is 0 Å². The van der Waals surface area contributed by atoms with E-state index in [4.69, 9.17) is 6.42 Å². The molecule has 0 bridgehead atoms. The summed E-state index contributed by atoms with van der Waals surface area (Å²) in [6.45, 7) is 8.31. The third-order valence-electron chi connectivity index (χ3n) is 1.25. The van der Waals surface area contributed by atoms with Gasteiger partial charge in [-0.1, -0.05) is 32.8 Å². The highest BCUT2D eigenvalue weighted by molar-refractivity contribution is 5.29. The van der Waals surface area contributed by atoms with Crippen LogP contribution in [0.1, 0.15) is 27.7 Å². The van der Waals surface area contributed by atoms with Gasteiger partial charge in [0.15, 0.2) is 0 Å². The fraction of sp³-hybridized carbons (Fsp3) is 0.556. The van der Waals surface area contributed by atoms with Gasteiger partial charge in [-0.3, -0.25) is 0 Å². The molecule has 0 amide bonds. The van der Waals surface area contributed by atoms with E-state index in [9.17, 15) is 0 Å². The lowest BCUT2D eigenvalue weighted by molar-refractivity contribution is 0.520. The summed E-state index contributed by atoms with van der Waals surface area (Å²) in [6.07, 6.45) is 7.24. The first-order chi connectivity index (χ1) is 4.02. The fourth-order valence-corrected chi connectivity index (χ4v) is 0.733. The van der Waals surface area contributed by atoms with Crippen molar-refractivity contribution in [2.45, 2.75) is 27.7 Å². The van der Waals surface area contributed by atoms with Gasteiger partial charge in [-0.05, 0) is 12.3 Å². The van der Waals surface area contributed by atoms with E-state index in [0.717, 1.165) is 5.57 Å². The molecule has 0 aliphatic heterocycles. The van der Waals surface area contributed by atoms with E-state index >= 15 is 0 Å². The normalized spacial score (nSPS) is 13.0. The lowest BCUT2D eigenvalue weighted by atomic mass is 9.87. The average Bonchev–Trinajstić information content (AvgIpc) is 1.65. The molecule has 0 heteroatoms. The topological polar surface area (TPSA) is 0 Å². The van der Waals surface area contributed by atoms with E-state index in [2.05, 4.69) is 26.7 Å². The van der Waals surface area contributed by atoms with Crippen molar-refractivity contribution in [3.63, 3.8) is 0 Å². The van der Waals surface area contributed by atoms with Crippen molar-refractivity contribution in [3.8, 4) is 12.3 Å². The van der Waals surface area contributed by atoms with Gasteiger partial charge in [0, 0.05) is 5.57 Å². The fourth-order valence-electron chi connectivity index (χ4n) is 0.733. The second-order valence-electron chi connectivity index (χ2n) is 3.10. The van der Waals surface area contributed by atoms with Crippen LogP contribution in [0.4, 0.5) is 0 Å². The molecule has 0 unspecified atom stereocenters. The second kappa shape index (κ2) is 2.73. The monoisotopic (exact) mass is 122 g/mol. The minimum Gasteiger partial charge on any atom is -0.115 e. The first-order valence-corrected chi connectivity index (χ1v) is 3.15. The lowest BCUT2D eigenvalue weighted by Gasteiger charge is -2.17. The predicted molar refractivity (Wildman–Crippen MR) is 42.0 cm³/mol. The molecule has 0 saturated carbocycles. The largest absolute Gasteiger partial charge is 0.115 e. The molecule has 0 aliphatic carbocycles. The summed E-state index contributed by atoms with van der Waals surface area (Å²) >= 11 is 0. The van der Waals surface area contributed by atoms with Crippen LogP contribution in [0.5, 0.6) is 0 Å². The van der Waals surface area contributed by atoms with Crippen molar-refractivity contribution in [2.24, 2.45) is 5.41 Å². The van der Waals surface area contributed by atoms with Crippen LogP contribution in [0.25, 0.3) is 0 Å². The first kappa shape index (κ1) is 8.30. The van der Waals surface area contributed by atoms with Crippen LogP contribution in [0.3, 0.4) is 0 Å². The molecule has 0 fully saturated rings. The zero-order chi connectivity index (χ0) is 7.49. The van der Waals surface area contributed by atoms with Gasteiger partial charge >= 0.3 is 0 Å². The van der Waals surface area contributed by atoms with Crippen molar-refractivity contribution in [2.75, 3.05) is 0 Å². The Morgan fingerprint density at radius 3 is 1.89 bits per heavy atom. The molecule has 0 N–H and O–H groups in total. The molecule has 0 aromatic carbocycles. The third kappa shape index (κ3) is 2.37. The minimum atomic E-state index is 0.142. The molecular weight excluding hydrogens is 108 g/mol. The Labute approximate surface area is 58.0 Å².